The van der Waals surface area contributed by atoms with Crippen LogP contribution in [0.4, 0.5) is 0 Å². The molecular formula is C15H23NO. The highest BCUT2D eigenvalue weighted by molar-refractivity contribution is 5.23. The fraction of sp³-hybridized carbons (Fsp3) is 0.600. The van der Waals surface area contributed by atoms with Gasteiger partial charge < -0.3 is 10.1 Å². The van der Waals surface area contributed by atoms with Crippen molar-refractivity contribution in [3.63, 3.8) is 0 Å². The van der Waals surface area contributed by atoms with E-state index in [1.54, 1.807) is 0 Å². The van der Waals surface area contributed by atoms with Gasteiger partial charge in [-0.3, -0.25) is 0 Å². The van der Waals surface area contributed by atoms with Gasteiger partial charge >= 0.3 is 0 Å². The minimum Gasteiger partial charge on any atom is -0.375 e. The van der Waals surface area contributed by atoms with Crippen molar-refractivity contribution in [1.29, 1.82) is 0 Å². The summed E-state index contributed by atoms with van der Waals surface area (Å²) in [5.74, 6) is 0.728. The molecule has 1 saturated heterocycles. The summed E-state index contributed by atoms with van der Waals surface area (Å²) in [4.78, 5) is 0. The van der Waals surface area contributed by atoms with Crippen molar-refractivity contribution in [2.45, 2.75) is 32.8 Å². The molecule has 0 saturated carbocycles. The molecule has 2 heteroatoms. The Labute approximate surface area is 104 Å². The molecule has 1 aliphatic heterocycles. The van der Waals surface area contributed by atoms with Gasteiger partial charge in [-0.1, -0.05) is 38.1 Å². The standard InChI is InChI=1S/C15H23NO/c1-12(2)9-13-3-5-14(6-4-13)10-15-11-16-7-8-17-15/h3-6,12,15-16H,7-11H2,1-2H3. The van der Waals surface area contributed by atoms with E-state index in [4.69, 9.17) is 4.74 Å². The van der Waals surface area contributed by atoms with Crippen LogP contribution in [0.25, 0.3) is 0 Å². The van der Waals surface area contributed by atoms with Crippen molar-refractivity contribution in [2.75, 3.05) is 19.7 Å². The summed E-state index contributed by atoms with van der Waals surface area (Å²) in [7, 11) is 0. The SMILES string of the molecule is CC(C)Cc1ccc(CC2CNCCO2)cc1. The topological polar surface area (TPSA) is 21.3 Å². The van der Waals surface area contributed by atoms with E-state index in [1.807, 2.05) is 0 Å². The molecular weight excluding hydrogens is 210 g/mol. The third-order valence-corrected chi connectivity index (χ3v) is 3.13. The van der Waals surface area contributed by atoms with E-state index in [0.717, 1.165) is 32.0 Å². The summed E-state index contributed by atoms with van der Waals surface area (Å²) in [5, 5.41) is 3.37. The van der Waals surface area contributed by atoms with Crippen molar-refractivity contribution in [3.8, 4) is 0 Å². The van der Waals surface area contributed by atoms with Gasteiger partial charge in [0.15, 0.2) is 0 Å². The molecule has 1 unspecified atom stereocenters. The Hall–Kier alpha value is -0.860. The third kappa shape index (κ3) is 4.14. The van der Waals surface area contributed by atoms with Gasteiger partial charge in [-0.25, -0.2) is 0 Å². The molecule has 1 N–H and O–H groups in total. The van der Waals surface area contributed by atoms with Gasteiger partial charge in [0, 0.05) is 13.1 Å². The Morgan fingerprint density at radius 1 is 1.24 bits per heavy atom. The first-order valence-electron chi connectivity index (χ1n) is 6.64. The molecule has 1 aliphatic rings. The predicted molar refractivity (Wildman–Crippen MR) is 71.3 cm³/mol. The molecule has 0 aromatic heterocycles. The number of morpholine rings is 1. The Balaban J connectivity index is 1.88. The second-order valence-corrected chi connectivity index (χ2v) is 5.32. The number of benzene rings is 1. The third-order valence-electron chi connectivity index (χ3n) is 3.13. The molecule has 94 valence electrons. The zero-order valence-corrected chi connectivity index (χ0v) is 10.9. The predicted octanol–water partition coefficient (Wildman–Crippen LogP) is 2.42. The lowest BCUT2D eigenvalue weighted by molar-refractivity contribution is 0.0292. The lowest BCUT2D eigenvalue weighted by atomic mass is 10.00. The molecule has 17 heavy (non-hydrogen) atoms. The van der Waals surface area contributed by atoms with Gasteiger partial charge in [-0.15, -0.1) is 0 Å². The Morgan fingerprint density at radius 2 is 1.94 bits per heavy atom. The second-order valence-electron chi connectivity index (χ2n) is 5.32. The highest BCUT2D eigenvalue weighted by Gasteiger charge is 2.13. The summed E-state index contributed by atoms with van der Waals surface area (Å²) in [6.45, 7) is 7.33. The average molecular weight is 233 g/mol. The first-order valence-corrected chi connectivity index (χ1v) is 6.64. The van der Waals surface area contributed by atoms with Crippen molar-refractivity contribution < 1.29 is 4.74 Å². The van der Waals surface area contributed by atoms with Gasteiger partial charge in [-0.05, 0) is 29.9 Å². The molecule has 0 aliphatic carbocycles. The minimum atomic E-state index is 0.347. The maximum Gasteiger partial charge on any atom is 0.0740 e. The number of ether oxygens (including phenoxy) is 1. The van der Waals surface area contributed by atoms with Gasteiger partial charge in [0.2, 0.25) is 0 Å². The number of hydrogen-bond donors (Lipinski definition) is 1. The van der Waals surface area contributed by atoms with Crippen LogP contribution in [0, 0.1) is 5.92 Å². The van der Waals surface area contributed by atoms with Crippen molar-refractivity contribution in [1.82, 2.24) is 5.32 Å². The monoisotopic (exact) mass is 233 g/mol. The number of hydrogen-bond acceptors (Lipinski definition) is 2. The van der Waals surface area contributed by atoms with Gasteiger partial charge in [-0.2, -0.15) is 0 Å². The van der Waals surface area contributed by atoms with E-state index in [9.17, 15) is 0 Å². The minimum absolute atomic E-state index is 0.347. The summed E-state index contributed by atoms with van der Waals surface area (Å²) in [6, 6.07) is 9.00. The maximum absolute atomic E-state index is 5.71. The van der Waals surface area contributed by atoms with E-state index < -0.39 is 0 Å². The van der Waals surface area contributed by atoms with Crippen LogP contribution < -0.4 is 5.32 Å². The largest absolute Gasteiger partial charge is 0.375 e. The van der Waals surface area contributed by atoms with Crippen LogP contribution in [0.1, 0.15) is 25.0 Å². The first-order chi connectivity index (χ1) is 8.24. The van der Waals surface area contributed by atoms with E-state index in [0.29, 0.717) is 6.10 Å². The Morgan fingerprint density at radius 3 is 2.53 bits per heavy atom. The molecule has 2 rings (SSSR count). The normalized spacial score (nSPS) is 20.8. The van der Waals surface area contributed by atoms with Crippen molar-refractivity contribution >= 4 is 0 Å². The highest BCUT2D eigenvalue weighted by atomic mass is 16.5. The summed E-state index contributed by atoms with van der Waals surface area (Å²) in [5.41, 5.74) is 2.82. The van der Waals surface area contributed by atoms with Crippen molar-refractivity contribution in [2.24, 2.45) is 5.92 Å². The molecule has 2 nitrogen and oxygen atoms in total. The van der Waals surface area contributed by atoms with Crippen LogP contribution in [-0.2, 0) is 17.6 Å². The molecule has 1 aromatic rings. The van der Waals surface area contributed by atoms with Crippen molar-refractivity contribution in [3.05, 3.63) is 35.4 Å². The van der Waals surface area contributed by atoms with Gasteiger partial charge in [0.25, 0.3) is 0 Å². The molecule has 1 atom stereocenters. The van der Waals surface area contributed by atoms with E-state index in [-0.39, 0.29) is 0 Å². The fourth-order valence-corrected chi connectivity index (χ4v) is 2.30. The van der Waals surface area contributed by atoms with Crippen LogP contribution in [0.2, 0.25) is 0 Å². The molecule has 1 aromatic carbocycles. The number of rotatable bonds is 4. The summed E-state index contributed by atoms with van der Waals surface area (Å²) in [6.07, 6.45) is 2.54. The van der Waals surface area contributed by atoms with Gasteiger partial charge in [0.05, 0.1) is 12.7 Å². The average Bonchev–Trinajstić information content (AvgIpc) is 2.32. The van der Waals surface area contributed by atoms with E-state index in [2.05, 4.69) is 43.4 Å². The van der Waals surface area contributed by atoms with Crippen LogP contribution in [0.3, 0.4) is 0 Å². The lowest BCUT2D eigenvalue weighted by Crippen LogP contribution is -2.39. The smallest absolute Gasteiger partial charge is 0.0740 e. The Bertz CT molecular complexity index is 325. The molecule has 1 fully saturated rings. The highest BCUT2D eigenvalue weighted by Crippen LogP contribution is 2.12. The van der Waals surface area contributed by atoms with Gasteiger partial charge in [0.1, 0.15) is 0 Å². The van der Waals surface area contributed by atoms with E-state index >= 15 is 0 Å². The quantitative estimate of drug-likeness (QED) is 0.862. The fourth-order valence-electron chi connectivity index (χ4n) is 2.30. The van der Waals surface area contributed by atoms with Crippen LogP contribution in [0.15, 0.2) is 24.3 Å². The molecule has 0 spiro atoms. The van der Waals surface area contributed by atoms with Crippen LogP contribution in [-0.4, -0.2) is 25.8 Å². The number of nitrogens with one attached hydrogen (secondary N) is 1. The Kier molecular flexibility index (Phi) is 4.57. The first kappa shape index (κ1) is 12.6. The van der Waals surface area contributed by atoms with E-state index in [1.165, 1.54) is 17.5 Å². The zero-order valence-electron chi connectivity index (χ0n) is 10.9. The maximum atomic E-state index is 5.71. The van der Waals surface area contributed by atoms with Crippen LogP contribution in [0.5, 0.6) is 0 Å². The molecule has 0 radical (unpaired) electrons. The summed E-state index contributed by atoms with van der Waals surface area (Å²) < 4.78 is 5.71. The molecule has 0 bridgehead atoms. The lowest BCUT2D eigenvalue weighted by Gasteiger charge is -2.23. The molecule has 0 amide bonds. The molecule has 1 heterocycles. The van der Waals surface area contributed by atoms with Crippen LogP contribution >= 0.6 is 0 Å². The summed E-state index contributed by atoms with van der Waals surface area (Å²) >= 11 is 0. The second kappa shape index (κ2) is 6.18. The zero-order chi connectivity index (χ0) is 12.1.